The van der Waals surface area contributed by atoms with Gasteiger partial charge in [-0.25, -0.2) is 14.5 Å². The van der Waals surface area contributed by atoms with Gasteiger partial charge in [0.1, 0.15) is 5.82 Å². The Morgan fingerprint density at radius 1 is 1.33 bits per heavy atom. The molecule has 8 nitrogen and oxygen atoms in total. The van der Waals surface area contributed by atoms with Crippen LogP contribution in [0.1, 0.15) is 47.0 Å². The second-order valence-corrected chi connectivity index (χ2v) is 6.76. The smallest absolute Gasteiger partial charge is 0.335 e. The first-order valence-electron chi connectivity index (χ1n) is 8.51. The summed E-state index contributed by atoms with van der Waals surface area (Å²) in [6.45, 7) is 0. The van der Waals surface area contributed by atoms with Gasteiger partial charge in [-0.05, 0) is 39.5 Å². The molecule has 2 aromatic carbocycles. The minimum absolute atomic E-state index is 0.0220. The van der Waals surface area contributed by atoms with Crippen molar-refractivity contribution in [1.29, 1.82) is 0 Å². The van der Waals surface area contributed by atoms with Gasteiger partial charge in [0.2, 0.25) is 4.73 Å². The normalized spacial score (nSPS) is 21.5. The maximum Gasteiger partial charge on any atom is 0.335 e. The molecule has 0 aliphatic carbocycles. The van der Waals surface area contributed by atoms with E-state index in [2.05, 4.69) is 26.0 Å². The molecule has 27 heavy (non-hydrogen) atoms. The number of benzene rings is 2. The standard InChI is InChI=1S/C18H13BrN4O4/c19-18-20-16-14(9-15(22(16)21-18)10-4-2-1-3-5-10)13-8-11(23(26)27)6-7-12(13)17(24)25/h1-8,14-15H,9H2,(H,24,25)/i14D. The number of nitro groups is 1. The predicted octanol–water partition coefficient (Wildman–Crippen LogP) is 3.77. The highest BCUT2D eigenvalue weighted by atomic mass is 79.9. The van der Waals surface area contributed by atoms with Gasteiger partial charge >= 0.3 is 5.97 Å². The van der Waals surface area contributed by atoms with Crippen LogP contribution >= 0.6 is 15.9 Å². The molecule has 0 spiro atoms. The van der Waals surface area contributed by atoms with E-state index in [-0.39, 0.29) is 39.8 Å². The molecule has 1 aromatic heterocycles. The molecule has 0 fully saturated rings. The Morgan fingerprint density at radius 2 is 2.07 bits per heavy atom. The molecule has 2 atom stereocenters. The molecule has 0 bridgehead atoms. The Kier molecular flexibility index (Phi) is 3.93. The fourth-order valence-electron chi connectivity index (χ4n) is 3.34. The largest absolute Gasteiger partial charge is 0.478 e. The van der Waals surface area contributed by atoms with Crippen LogP contribution in [0.3, 0.4) is 0 Å². The molecule has 0 amide bonds. The van der Waals surface area contributed by atoms with Crippen LogP contribution in [-0.4, -0.2) is 30.8 Å². The number of nitrogens with zero attached hydrogens (tertiary/aromatic N) is 4. The number of carboxylic acids is 1. The second-order valence-electron chi connectivity index (χ2n) is 6.05. The first-order chi connectivity index (χ1) is 13.3. The van der Waals surface area contributed by atoms with Crippen molar-refractivity contribution in [2.24, 2.45) is 0 Å². The highest BCUT2D eigenvalue weighted by Crippen LogP contribution is 2.44. The van der Waals surface area contributed by atoms with E-state index in [4.69, 9.17) is 1.37 Å². The topological polar surface area (TPSA) is 111 Å². The average Bonchev–Trinajstić information content (AvgIpc) is 3.19. The fourth-order valence-corrected chi connectivity index (χ4v) is 3.68. The number of hydrogen-bond donors (Lipinski definition) is 1. The van der Waals surface area contributed by atoms with Crippen molar-refractivity contribution in [3.05, 3.63) is 85.9 Å². The SMILES string of the molecule is [2H]C1(c2cc([N+](=O)[O-])ccc2C(=O)O)CC(c2ccccc2)n2nc(Br)nc21. The molecule has 1 N–H and O–H groups in total. The average molecular weight is 430 g/mol. The Bertz CT molecular complexity index is 1100. The lowest BCUT2D eigenvalue weighted by molar-refractivity contribution is -0.384. The van der Waals surface area contributed by atoms with E-state index in [1.807, 2.05) is 30.3 Å². The summed E-state index contributed by atoms with van der Waals surface area (Å²) in [6, 6.07) is 12.5. The number of aromatic nitrogens is 3. The van der Waals surface area contributed by atoms with Gasteiger partial charge in [0.15, 0.2) is 0 Å². The molecule has 0 saturated heterocycles. The van der Waals surface area contributed by atoms with Crippen molar-refractivity contribution in [3.8, 4) is 0 Å². The van der Waals surface area contributed by atoms with Crippen LogP contribution in [0, 0.1) is 10.1 Å². The summed E-state index contributed by atoms with van der Waals surface area (Å²) in [5.41, 5.74) is 0.464. The molecule has 0 radical (unpaired) electrons. The Morgan fingerprint density at radius 3 is 2.74 bits per heavy atom. The quantitative estimate of drug-likeness (QED) is 0.498. The Labute approximate surface area is 163 Å². The number of hydrogen-bond acceptors (Lipinski definition) is 5. The second kappa shape index (κ2) is 6.58. The first-order valence-corrected chi connectivity index (χ1v) is 8.80. The molecule has 136 valence electrons. The highest BCUT2D eigenvalue weighted by molar-refractivity contribution is 9.10. The molecule has 9 heteroatoms. The maximum absolute atomic E-state index is 11.8. The van der Waals surface area contributed by atoms with Crippen LogP contribution in [-0.2, 0) is 0 Å². The maximum atomic E-state index is 11.8. The number of non-ortho nitro benzene ring substituents is 1. The van der Waals surface area contributed by atoms with Crippen molar-refractivity contribution in [2.75, 3.05) is 0 Å². The molecule has 4 rings (SSSR count). The summed E-state index contributed by atoms with van der Waals surface area (Å²) in [5.74, 6) is -2.64. The molecule has 2 unspecified atom stereocenters. The van der Waals surface area contributed by atoms with Crippen molar-refractivity contribution in [2.45, 2.75) is 18.4 Å². The van der Waals surface area contributed by atoms with Gasteiger partial charge in [-0.3, -0.25) is 10.1 Å². The van der Waals surface area contributed by atoms with Gasteiger partial charge < -0.3 is 5.11 Å². The van der Waals surface area contributed by atoms with Gasteiger partial charge in [-0.15, -0.1) is 5.10 Å². The highest BCUT2D eigenvalue weighted by Gasteiger charge is 2.38. The number of fused-ring (bicyclic) bond motifs is 1. The number of carbonyl (C=O) groups is 1. The third kappa shape index (κ3) is 2.99. The zero-order valence-electron chi connectivity index (χ0n) is 14.7. The van der Waals surface area contributed by atoms with Crippen LogP contribution in [0.25, 0.3) is 0 Å². The lowest BCUT2D eigenvalue weighted by atomic mass is 9.89. The van der Waals surface area contributed by atoms with Crippen LogP contribution in [0.15, 0.2) is 53.3 Å². The van der Waals surface area contributed by atoms with E-state index in [1.54, 1.807) is 4.68 Å². The Balaban J connectivity index is 1.94. The predicted molar refractivity (Wildman–Crippen MR) is 98.8 cm³/mol. The summed E-state index contributed by atoms with van der Waals surface area (Å²) >= 11 is 3.22. The summed E-state index contributed by atoms with van der Waals surface area (Å²) in [4.78, 5) is 26.7. The lowest BCUT2D eigenvalue weighted by Gasteiger charge is -2.14. The number of carboxylic acid groups (broad SMARTS) is 1. The summed E-state index contributed by atoms with van der Waals surface area (Å²) < 4.78 is 11.0. The molecule has 0 saturated carbocycles. The monoisotopic (exact) mass is 429 g/mol. The van der Waals surface area contributed by atoms with E-state index >= 15 is 0 Å². The van der Waals surface area contributed by atoms with Crippen molar-refractivity contribution < 1.29 is 16.2 Å². The number of halogens is 1. The fraction of sp³-hybridized carbons (Fsp3) is 0.167. The number of aromatic carboxylic acids is 1. The van der Waals surface area contributed by atoms with E-state index in [1.165, 1.54) is 0 Å². The van der Waals surface area contributed by atoms with E-state index < -0.39 is 16.8 Å². The van der Waals surface area contributed by atoms with Crippen molar-refractivity contribution in [3.63, 3.8) is 0 Å². The van der Waals surface area contributed by atoms with Gasteiger partial charge in [-0.1, -0.05) is 30.3 Å². The minimum atomic E-state index is -1.61. The third-order valence-corrected chi connectivity index (χ3v) is 4.86. The zero-order chi connectivity index (χ0) is 20.1. The molecule has 1 aliphatic heterocycles. The van der Waals surface area contributed by atoms with Gasteiger partial charge in [0.25, 0.3) is 5.69 Å². The summed E-state index contributed by atoms with van der Waals surface area (Å²) in [7, 11) is 0. The molecule has 1 aliphatic rings. The van der Waals surface area contributed by atoms with E-state index in [0.717, 1.165) is 23.8 Å². The third-order valence-electron chi connectivity index (χ3n) is 4.52. The van der Waals surface area contributed by atoms with Crippen molar-refractivity contribution >= 4 is 27.6 Å². The summed E-state index contributed by atoms with van der Waals surface area (Å²) in [6.07, 6.45) is 0.154. The molecular formula is C18H13BrN4O4. The van der Waals surface area contributed by atoms with Crippen LogP contribution in [0.2, 0.25) is 0 Å². The van der Waals surface area contributed by atoms with E-state index in [0.29, 0.717) is 0 Å². The van der Waals surface area contributed by atoms with Gasteiger partial charge in [0.05, 0.1) is 16.5 Å². The summed E-state index contributed by atoms with van der Waals surface area (Å²) in [5, 5.41) is 25.2. The van der Waals surface area contributed by atoms with Crippen LogP contribution < -0.4 is 0 Å². The molecule has 3 aromatic rings. The lowest BCUT2D eigenvalue weighted by Crippen LogP contribution is -2.09. The van der Waals surface area contributed by atoms with E-state index in [9.17, 15) is 20.0 Å². The molecular weight excluding hydrogens is 416 g/mol. The molecule has 2 heterocycles. The van der Waals surface area contributed by atoms with Gasteiger partial charge in [0, 0.05) is 19.4 Å². The van der Waals surface area contributed by atoms with Crippen molar-refractivity contribution in [1.82, 2.24) is 14.8 Å². The van der Waals surface area contributed by atoms with Crippen LogP contribution in [0.5, 0.6) is 0 Å². The van der Waals surface area contributed by atoms with Crippen LogP contribution in [0.4, 0.5) is 5.69 Å². The number of nitro benzene ring substituents is 1. The minimum Gasteiger partial charge on any atom is -0.478 e. The van der Waals surface area contributed by atoms with Gasteiger partial charge in [-0.2, -0.15) is 0 Å². The number of rotatable bonds is 4. The zero-order valence-corrected chi connectivity index (χ0v) is 15.3. The first kappa shape index (κ1) is 16.1. The Hall–Kier alpha value is -3.07.